The van der Waals surface area contributed by atoms with Gasteiger partial charge in [-0.2, -0.15) is 0 Å². The van der Waals surface area contributed by atoms with Gasteiger partial charge in [0.2, 0.25) is 0 Å². The van der Waals surface area contributed by atoms with Gasteiger partial charge >= 0.3 is 0 Å². The Balaban J connectivity index is 2.18. The molecular weight excluding hydrogens is 266 g/mol. The Morgan fingerprint density at radius 2 is 1.84 bits per heavy atom. The van der Waals surface area contributed by atoms with Crippen LogP contribution in [0.4, 0.5) is 5.82 Å². The van der Waals surface area contributed by atoms with E-state index < -0.39 is 0 Å². The lowest BCUT2D eigenvalue weighted by Crippen LogP contribution is -2.09. The van der Waals surface area contributed by atoms with E-state index in [1.54, 1.807) is 7.11 Å². The van der Waals surface area contributed by atoms with E-state index in [0.717, 1.165) is 42.9 Å². The van der Waals surface area contributed by atoms with Gasteiger partial charge in [-0.25, -0.2) is 0 Å². The minimum Gasteiger partial charge on any atom is -0.382 e. The van der Waals surface area contributed by atoms with Crippen LogP contribution < -0.4 is 5.32 Å². The molecule has 0 aromatic carbocycles. The number of rotatable bonds is 9. The highest BCUT2D eigenvalue weighted by Crippen LogP contribution is 2.20. The third-order valence-electron chi connectivity index (χ3n) is 2.90. The molecule has 1 heterocycles. The first-order valence-corrected chi connectivity index (χ1v) is 6.84. The second kappa shape index (κ2) is 9.07. The zero-order chi connectivity index (χ0) is 14.1. The van der Waals surface area contributed by atoms with Gasteiger partial charge in [0.15, 0.2) is 11.0 Å². The summed E-state index contributed by atoms with van der Waals surface area (Å²) in [5.74, 6) is 0.808. The van der Waals surface area contributed by atoms with Gasteiger partial charge in [0, 0.05) is 20.3 Å². The molecule has 0 fully saturated rings. The minimum atomic E-state index is 0.467. The second-order valence-corrected chi connectivity index (χ2v) is 4.69. The summed E-state index contributed by atoms with van der Waals surface area (Å²) < 4.78 is 10.3. The van der Waals surface area contributed by atoms with E-state index in [2.05, 4.69) is 15.5 Å². The number of nitrogens with zero attached hydrogens (tertiary/aromatic N) is 2. The standard InChI is InChI=1S/C13H22ClN3O2/c1-10-11(2)13(17-16-12(10)14)15-6-4-5-7-19-9-8-18-3/h4-9H2,1-3H3,(H,15,17). The number of unbranched alkanes of at least 4 members (excludes halogenated alkanes) is 1. The molecule has 0 aliphatic carbocycles. The van der Waals surface area contributed by atoms with Crippen LogP contribution in [0.25, 0.3) is 0 Å². The number of anilines is 1. The first-order chi connectivity index (χ1) is 9.16. The summed E-state index contributed by atoms with van der Waals surface area (Å²) in [5, 5.41) is 11.7. The van der Waals surface area contributed by atoms with Crippen LogP contribution in [-0.4, -0.2) is 43.7 Å². The van der Waals surface area contributed by atoms with Crippen LogP contribution in [0.5, 0.6) is 0 Å². The summed E-state index contributed by atoms with van der Waals surface area (Å²) in [5.41, 5.74) is 2.03. The average Bonchev–Trinajstić information content (AvgIpc) is 2.41. The van der Waals surface area contributed by atoms with E-state index in [-0.39, 0.29) is 0 Å². The van der Waals surface area contributed by atoms with Crippen molar-refractivity contribution in [2.24, 2.45) is 0 Å². The van der Waals surface area contributed by atoms with Crippen molar-refractivity contribution in [1.29, 1.82) is 0 Å². The molecule has 0 spiro atoms. The molecule has 0 aliphatic rings. The van der Waals surface area contributed by atoms with Gasteiger partial charge in [-0.1, -0.05) is 11.6 Å². The Morgan fingerprint density at radius 3 is 2.58 bits per heavy atom. The Hall–Kier alpha value is -0.910. The third-order valence-corrected chi connectivity index (χ3v) is 3.26. The number of nitrogens with one attached hydrogen (secondary N) is 1. The predicted molar refractivity (Wildman–Crippen MR) is 76.9 cm³/mol. The fourth-order valence-electron chi connectivity index (χ4n) is 1.52. The summed E-state index contributed by atoms with van der Waals surface area (Å²) in [7, 11) is 1.67. The van der Waals surface area contributed by atoms with Gasteiger partial charge in [-0.05, 0) is 37.8 Å². The van der Waals surface area contributed by atoms with Crippen molar-refractivity contribution in [2.45, 2.75) is 26.7 Å². The lowest BCUT2D eigenvalue weighted by molar-refractivity contribution is 0.0691. The summed E-state index contributed by atoms with van der Waals surface area (Å²) in [6.07, 6.45) is 2.03. The van der Waals surface area contributed by atoms with Crippen LogP contribution in [0.15, 0.2) is 0 Å². The van der Waals surface area contributed by atoms with Crippen LogP contribution in [0.3, 0.4) is 0 Å². The number of hydrogen-bond donors (Lipinski definition) is 1. The largest absolute Gasteiger partial charge is 0.382 e. The Labute approximate surface area is 119 Å². The molecule has 108 valence electrons. The molecule has 1 rings (SSSR count). The second-order valence-electron chi connectivity index (χ2n) is 4.33. The zero-order valence-electron chi connectivity index (χ0n) is 11.8. The molecule has 0 unspecified atom stereocenters. The molecule has 0 aliphatic heterocycles. The molecule has 0 radical (unpaired) electrons. The first-order valence-electron chi connectivity index (χ1n) is 6.46. The molecule has 0 saturated carbocycles. The predicted octanol–water partition coefficient (Wildman–Crippen LogP) is 2.60. The van der Waals surface area contributed by atoms with Crippen LogP contribution in [0.1, 0.15) is 24.0 Å². The van der Waals surface area contributed by atoms with Gasteiger partial charge in [0.25, 0.3) is 0 Å². The number of methoxy groups -OCH3 is 1. The fraction of sp³-hybridized carbons (Fsp3) is 0.692. The van der Waals surface area contributed by atoms with Gasteiger partial charge in [0.1, 0.15) is 0 Å². The normalized spacial score (nSPS) is 10.7. The molecule has 0 atom stereocenters. The first kappa shape index (κ1) is 16.1. The van der Waals surface area contributed by atoms with E-state index in [4.69, 9.17) is 21.1 Å². The van der Waals surface area contributed by atoms with Crippen molar-refractivity contribution < 1.29 is 9.47 Å². The SMILES string of the molecule is COCCOCCCCNc1nnc(Cl)c(C)c1C. The Kier molecular flexibility index (Phi) is 7.70. The highest BCUT2D eigenvalue weighted by molar-refractivity contribution is 6.30. The Bertz CT molecular complexity index is 388. The minimum absolute atomic E-state index is 0.467. The van der Waals surface area contributed by atoms with Crippen LogP contribution >= 0.6 is 11.6 Å². The molecule has 0 saturated heterocycles. The lowest BCUT2D eigenvalue weighted by Gasteiger charge is -2.10. The summed E-state index contributed by atoms with van der Waals surface area (Å²) in [4.78, 5) is 0. The van der Waals surface area contributed by atoms with Crippen molar-refractivity contribution in [1.82, 2.24) is 10.2 Å². The molecule has 0 bridgehead atoms. The quantitative estimate of drug-likeness (QED) is 0.708. The number of aromatic nitrogens is 2. The Morgan fingerprint density at radius 1 is 1.05 bits per heavy atom. The lowest BCUT2D eigenvalue weighted by atomic mass is 10.2. The van der Waals surface area contributed by atoms with E-state index in [1.165, 1.54) is 0 Å². The van der Waals surface area contributed by atoms with Crippen LogP contribution in [0, 0.1) is 13.8 Å². The van der Waals surface area contributed by atoms with E-state index in [1.807, 2.05) is 13.8 Å². The summed E-state index contributed by atoms with van der Waals surface area (Å²) in [6.45, 7) is 6.86. The molecule has 0 amide bonds. The number of hydrogen-bond acceptors (Lipinski definition) is 5. The third kappa shape index (κ3) is 5.72. The smallest absolute Gasteiger partial charge is 0.155 e. The monoisotopic (exact) mass is 287 g/mol. The van der Waals surface area contributed by atoms with Crippen molar-refractivity contribution >= 4 is 17.4 Å². The number of halogens is 1. The summed E-state index contributed by atoms with van der Waals surface area (Å²) in [6, 6.07) is 0. The summed E-state index contributed by atoms with van der Waals surface area (Å²) >= 11 is 5.90. The van der Waals surface area contributed by atoms with Crippen LogP contribution in [0.2, 0.25) is 5.15 Å². The molecule has 1 aromatic heterocycles. The molecule has 1 N–H and O–H groups in total. The highest BCUT2D eigenvalue weighted by Gasteiger charge is 2.06. The molecule has 1 aromatic rings. The topological polar surface area (TPSA) is 56.3 Å². The zero-order valence-corrected chi connectivity index (χ0v) is 12.6. The molecular formula is C13H22ClN3O2. The fourth-order valence-corrected chi connectivity index (χ4v) is 1.70. The van der Waals surface area contributed by atoms with Crippen molar-refractivity contribution in [3.05, 3.63) is 16.3 Å². The average molecular weight is 288 g/mol. The highest BCUT2D eigenvalue weighted by atomic mass is 35.5. The van der Waals surface area contributed by atoms with Gasteiger partial charge in [0.05, 0.1) is 13.2 Å². The van der Waals surface area contributed by atoms with E-state index in [9.17, 15) is 0 Å². The van der Waals surface area contributed by atoms with Crippen molar-refractivity contribution in [2.75, 3.05) is 38.8 Å². The van der Waals surface area contributed by atoms with E-state index >= 15 is 0 Å². The van der Waals surface area contributed by atoms with E-state index in [0.29, 0.717) is 18.4 Å². The maximum atomic E-state index is 5.90. The van der Waals surface area contributed by atoms with Gasteiger partial charge in [-0.15, -0.1) is 10.2 Å². The number of ether oxygens (including phenoxy) is 2. The van der Waals surface area contributed by atoms with Crippen molar-refractivity contribution in [3.63, 3.8) is 0 Å². The van der Waals surface area contributed by atoms with Gasteiger partial charge < -0.3 is 14.8 Å². The maximum absolute atomic E-state index is 5.90. The van der Waals surface area contributed by atoms with Gasteiger partial charge in [-0.3, -0.25) is 0 Å². The molecule has 5 nitrogen and oxygen atoms in total. The van der Waals surface area contributed by atoms with Crippen molar-refractivity contribution in [3.8, 4) is 0 Å². The van der Waals surface area contributed by atoms with Crippen LogP contribution in [-0.2, 0) is 9.47 Å². The molecule has 19 heavy (non-hydrogen) atoms. The maximum Gasteiger partial charge on any atom is 0.155 e. The molecule has 6 heteroatoms.